The highest BCUT2D eigenvalue weighted by molar-refractivity contribution is 6.22. The van der Waals surface area contributed by atoms with Crippen molar-refractivity contribution in [2.45, 2.75) is 19.8 Å². The lowest BCUT2D eigenvalue weighted by atomic mass is 10.1. The minimum atomic E-state index is -0.299. The van der Waals surface area contributed by atoms with Gasteiger partial charge in [-0.05, 0) is 24.6 Å². The Labute approximate surface area is 118 Å². The number of rotatable bonds is 4. The smallest absolute Gasteiger partial charge is 0.261 e. The number of benzene rings is 1. The second-order valence-electron chi connectivity index (χ2n) is 5.08. The molecule has 1 aliphatic heterocycles. The summed E-state index contributed by atoms with van der Waals surface area (Å²) in [6, 6.07) is 4.68. The third-order valence-corrected chi connectivity index (χ3v) is 3.36. The van der Waals surface area contributed by atoms with Crippen molar-refractivity contribution in [2.24, 2.45) is 0 Å². The van der Waals surface area contributed by atoms with E-state index in [4.69, 9.17) is 0 Å². The zero-order valence-electron chi connectivity index (χ0n) is 12.0. The number of amides is 3. The van der Waals surface area contributed by atoms with Crippen LogP contribution in [0, 0.1) is 0 Å². The van der Waals surface area contributed by atoms with Crippen LogP contribution in [0.4, 0.5) is 0 Å². The summed E-state index contributed by atoms with van der Waals surface area (Å²) >= 11 is 0. The van der Waals surface area contributed by atoms with E-state index in [1.807, 2.05) is 6.92 Å². The lowest BCUT2D eigenvalue weighted by Gasteiger charge is -2.12. The molecule has 1 aromatic carbocycles. The molecule has 0 saturated heterocycles. The highest BCUT2D eigenvalue weighted by atomic mass is 16.2. The van der Waals surface area contributed by atoms with E-state index in [2.05, 4.69) is 0 Å². The number of hydrogen-bond donors (Lipinski definition) is 0. The van der Waals surface area contributed by atoms with E-state index in [0.717, 1.165) is 12.8 Å². The number of imide groups is 1. The average molecular weight is 274 g/mol. The van der Waals surface area contributed by atoms with E-state index >= 15 is 0 Å². The van der Waals surface area contributed by atoms with Gasteiger partial charge in [0.05, 0.1) is 11.1 Å². The Bertz CT molecular complexity index is 578. The van der Waals surface area contributed by atoms with Crippen LogP contribution in [0.25, 0.3) is 0 Å². The van der Waals surface area contributed by atoms with Crippen LogP contribution < -0.4 is 0 Å². The number of fused-ring (bicyclic) bond motifs is 1. The van der Waals surface area contributed by atoms with Crippen LogP contribution in [-0.4, -0.2) is 48.2 Å². The monoisotopic (exact) mass is 274 g/mol. The molecule has 1 heterocycles. The van der Waals surface area contributed by atoms with Gasteiger partial charge < -0.3 is 4.90 Å². The van der Waals surface area contributed by atoms with Crippen molar-refractivity contribution in [1.29, 1.82) is 0 Å². The van der Waals surface area contributed by atoms with Crippen LogP contribution >= 0.6 is 0 Å². The minimum Gasteiger partial charge on any atom is -0.345 e. The summed E-state index contributed by atoms with van der Waals surface area (Å²) in [5, 5.41) is 0. The van der Waals surface area contributed by atoms with Gasteiger partial charge in [0, 0.05) is 26.2 Å². The minimum absolute atomic E-state index is 0.181. The Morgan fingerprint density at radius 2 is 1.80 bits per heavy atom. The Morgan fingerprint density at radius 1 is 1.15 bits per heavy atom. The summed E-state index contributed by atoms with van der Waals surface area (Å²) in [7, 11) is 3.30. The van der Waals surface area contributed by atoms with Crippen molar-refractivity contribution in [3.63, 3.8) is 0 Å². The number of unbranched alkanes of at least 4 members (excludes halogenated alkanes) is 1. The van der Waals surface area contributed by atoms with Gasteiger partial charge in [-0.3, -0.25) is 19.3 Å². The Morgan fingerprint density at radius 3 is 2.40 bits per heavy atom. The largest absolute Gasteiger partial charge is 0.345 e. The molecule has 106 valence electrons. The van der Waals surface area contributed by atoms with Gasteiger partial charge in [-0.1, -0.05) is 13.3 Å². The Kier molecular flexibility index (Phi) is 3.88. The summed E-state index contributed by atoms with van der Waals surface area (Å²) in [4.78, 5) is 39.0. The predicted octanol–water partition coefficient (Wildman–Crippen LogP) is 1.78. The molecule has 0 fully saturated rings. The molecule has 20 heavy (non-hydrogen) atoms. The van der Waals surface area contributed by atoms with E-state index in [0.29, 0.717) is 23.2 Å². The zero-order valence-corrected chi connectivity index (χ0v) is 12.0. The van der Waals surface area contributed by atoms with Crippen LogP contribution in [-0.2, 0) is 0 Å². The molecule has 5 heteroatoms. The van der Waals surface area contributed by atoms with Crippen molar-refractivity contribution in [3.05, 3.63) is 34.9 Å². The van der Waals surface area contributed by atoms with Crippen LogP contribution in [0.2, 0.25) is 0 Å². The molecule has 1 aromatic rings. The first-order chi connectivity index (χ1) is 9.47. The molecule has 0 bridgehead atoms. The summed E-state index contributed by atoms with van der Waals surface area (Å²) < 4.78 is 0. The predicted molar refractivity (Wildman–Crippen MR) is 74.7 cm³/mol. The Hall–Kier alpha value is -2.17. The zero-order chi connectivity index (χ0) is 14.9. The molecule has 0 unspecified atom stereocenters. The van der Waals surface area contributed by atoms with Gasteiger partial charge in [0.1, 0.15) is 0 Å². The number of carbonyl (C=O) groups excluding carboxylic acids is 3. The maximum atomic E-state index is 12.2. The fourth-order valence-corrected chi connectivity index (χ4v) is 2.20. The summed E-state index contributed by atoms with van der Waals surface area (Å²) in [5.41, 5.74) is 1.15. The topological polar surface area (TPSA) is 57.7 Å². The molecule has 5 nitrogen and oxygen atoms in total. The first-order valence-corrected chi connectivity index (χ1v) is 6.69. The second-order valence-corrected chi connectivity index (χ2v) is 5.08. The highest BCUT2D eigenvalue weighted by Gasteiger charge is 2.35. The van der Waals surface area contributed by atoms with E-state index < -0.39 is 0 Å². The summed E-state index contributed by atoms with van der Waals surface area (Å²) in [6.07, 6.45) is 1.70. The van der Waals surface area contributed by atoms with Crippen molar-refractivity contribution in [3.8, 4) is 0 Å². The third-order valence-electron chi connectivity index (χ3n) is 3.36. The molecule has 1 aliphatic rings. The molecule has 3 amide bonds. The normalized spacial score (nSPS) is 13.7. The van der Waals surface area contributed by atoms with Gasteiger partial charge in [0.2, 0.25) is 0 Å². The SMILES string of the molecule is CCCCN1C(=O)c2ccc(C(=O)N(C)C)cc2C1=O. The molecule has 0 aliphatic carbocycles. The number of nitrogens with zero attached hydrogens (tertiary/aromatic N) is 2. The van der Waals surface area contributed by atoms with E-state index in [-0.39, 0.29) is 17.7 Å². The molecule has 2 rings (SSSR count). The van der Waals surface area contributed by atoms with Crippen molar-refractivity contribution in [1.82, 2.24) is 9.80 Å². The second kappa shape index (κ2) is 5.45. The maximum absolute atomic E-state index is 12.2. The van der Waals surface area contributed by atoms with Gasteiger partial charge in [-0.15, -0.1) is 0 Å². The average Bonchev–Trinajstić information content (AvgIpc) is 2.67. The molecular formula is C15H18N2O3. The van der Waals surface area contributed by atoms with E-state index in [1.54, 1.807) is 26.2 Å². The highest BCUT2D eigenvalue weighted by Crippen LogP contribution is 2.24. The van der Waals surface area contributed by atoms with Crippen LogP contribution in [0.1, 0.15) is 50.8 Å². The summed E-state index contributed by atoms with van der Waals surface area (Å²) in [6.45, 7) is 2.44. The quantitative estimate of drug-likeness (QED) is 0.786. The number of carbonyl (C=O) groups is 3. The fourth-order valence-electron chi connectivity index (χ4n) is 2.20. The maximum Gasteiger partial charge on any atom is 0.261 e. The molecule has 0 spiro atoms. The first-order valence-electron chi connectivity index (χ1n) is 6.69. The van der Waals surface area contributed by atoms with Gasteiger partial charge in [0.25, 0.3) is 17.7 Å². The molecule has 0 aromatic heterocycles. The third kappa shape index (κ3) is 2.31. The molecule has 0 radical (unpaired) electrons. The van der Waals surface area contributed by atoms with Gasteiger partial charge in [-0.25, -0.2) is 0 Å². The lowest BCUT2D eigenvalue weighted by molar-refractivity contribution is 0.0652. The molecule has 0 N–H and O–H groups in total. The molecular weight excluding hydrogens is 256 g/mol. The first kappa shape index (κ1) is 14.2. The fraction of sp³-hybridized carbons (Fsp3) is 0.400. The lowest BCUT2D eigenvalue weighted by Crippen LogP contribution is -2.30. The van der Waals surface area contributed by atoms with Crippen molar-refractivity contribution >= 4 is 17.7 Å². The standard InChI is InChI=1S/C15H18N2O3/c1-4-5-8-17-14(19)11-7-6-10(13(18)16(2)3)9-12(11)15(17)20/h6-7,9H,4-5,8H2,1-3H3. The van der Waals surface area contributed by atoms with E-state index in [1.165, 1.54) is 15.9 Å². The van der Waals surface area contributed by atoms with E-state index in [9.17, 15) is 14.4 Å². The van der Waals surface area contributed by atoms with Crippen LogP contribution in [0.5, 0.6) is 0 Å². The summed E-state index contributed by atoms with van der Waals surface area (Å²) in [5.74, 6) is -0.741. The number of hydrogen-bond acceptors (Lipinski definition) is 3. The van der Waals surface area contributed by atoms with Crippen LogP contribution in [0.3, 0.4) is 0 Å². The van der Waals surface area contributed by atoms with Crippen molar-refractivity contribution < 1.29 is 14.4 Å². The Balaban J connectivity index is 2.34. The van der Waals surface area contributed by atoms with Gasteiger partial charge in [-0.2, -0.15) is 0 Å². The van der Waals surface area contributed by atoms with Crippen molar-refractivity contribution in [2.75, 3.05) is 20.6 Å². The molecule has 0 saturated carbocycles. The molecule has 0 atom stereocenters. The van der Waals surface area contributed by atoms with Crippen LogP contribution in [0.15, 0.2) is 18.2 Å². The van der Waals surface area contributed by atoms with Gasteiger partial charge >= 0.3 is 0 Å². The van der Waals surface area contributed by atoms with Gasteiger partial charge in [0.15, 0.2) is 0 Å².